The molecule has 29 heavy (non-hydrogen) atoms. The predicted molar refractivity (Wildman–Crippen MR) is 111 cm³/mol. The molecule has 0 N–H and O–H groups in total. The Kier molecular flexibility index (Phi) is 4.76. The lowest BCUT2D eigenvalue weighted by atomic mass is 9.93. The first-order valence-electron chi connectivity index (χ1n) is 9.91. The van der Waals surface area contributed by atoms with Gasteiger partial charge in [-0.15, -0.1) is 0 Å². The number of aromatic nitrogens is 3. The Labute approximate surface area is 170 Å². The van der Waals surface area contributed by atoms with Crippen LogP contribution in [0.3, 0.4) is 0 Å². The maximum atomic E-state index is 14.1. The summed E-state index contributed by atoms with van der Waals surface area (Å²) in [4.78, 5) is 21.6. The number of nitrogens with zero attached hydrogens (tertiary/aromatic N) is 5. The molecular formula is C22H26FN5O. The van der Waals surface area contributed by atoms with E-state index < -0.39 is 0 Å². The average Bonchev–Trinajstić information content (AvgIpc) is 3.12. The van der Waals surface area contributed by atoms with Gasteiger partial charge in [-0.05, 0) is 25.1 Å². The lowest BCUT2D eigenvalue weighted by molar-refractivity contribution is 0.0737. The lowest BCUT2D eigenvalue weighted by Crippen LogP contribution is -2.49. The first-order chi connectivity index (χ1) is 13.7. The van der Waals surface area contributed by atoms with E-state index in [1.165, 1.54) is 6.07 Å². The molecule has 3 heterocycles. The van der Waals surface area contributed by atoms with Crippen LogP contribution in [0.2, 0.25) is 0 Å². The zero-order valence-corrected chi connectivity index (χ0v) is 17.3. The fourth-order valence-corrected chi connectivity index (χ4v) is 3.64. The first-order valence-corrected chi connectivity index (χ1v) is 9.91. The highest BCUT2D eigenvalue weighted by atomic mass is 19.1. The van der Waals surface area contributed by atoms with Gasteiger partial charge in [-0.25, -0.2) is 13.9 Å². The van der Waals surface area contributed by atoms with E-state index in [-0.39, 0.29) is 17.1 Å². The summed E-state index contributed by atoms with van der Waals surface area (Å²) >= 11 is 0. The number of halogens is 1. The van der Waals surface area contributed by atoms with Gasteiger partial charge in [-0.3, -0.25) is 4.79 Å². The second kappa shape index (κ2) is 7.13. The van der Waals surface area contributed by atoms with E-state index in [4.69, 9.17) is 0 Å². The van der Waals surface area contributed by atoms with Gasteiger partial charge in [-0.2, -0.15) is 5.10 Å². The number of piperazine rings is 1. The van der Waals surface area contributed by atoms with Crippen molar-refractivity contribution in [2.45, 2.75) is 33.1 Å². The van der Waals surface area contributed by atoms with E-state index in [1.54, 1.807) is 22.7 Å². The van der Waals surface area contributed by atoms with Crippen molar-refractivity contribution < 1.29 is 9.18 Å². The second-order valence-corrected chi connectivity index (χ2v) is 8.56. The molecule has 0 bridgehead atoms. The van der Waals surface area contributed by atoms with Crippen LogP contribution in [-0.4, -0.2) is 51.6 Å². The molecule has 1 saturated heterocycles. The minimum Gasteiger partial charge on any atom is -0.366 e. The molecule has 2 aromatic heterocycles. The molecule has 1 aliphatic rings. The van der Waals surface area contributed by atoms with Crippen molar-refractivity contribution in [2.24, 2.45) is 0 Å². The van der Waals surface area contributed by atoms with Crippen LogP contribution in [0.15, 0.2) is 36.4 Å². The Balaban J connectivity index is 1.58. The standard InChI is InChI=1S/C22H26FN5O/c1-15-13-18(28-20(24-15)14-19(25-28)22(2,3)4)21(29)27-11-9-26(10-12-27)17-8-6-5-7-16(17)23/h5-8,13-14H,9-12H2,1-4H3. The second-order valence-electron chi connectivity index (χ2n) is 8.56. The summed E-state index contributed by atoms with van der Waals surface area (Å²) in [5, 5.41) is 4.66. The Morgan fingerprint density at radius 1 is 1.07 bits per heavy atom. The largest absolute Gasteiger partial charge is 0.366 e. The first kappa shape index (κ1) is 19.4. The number of para-hydroxylation sites is 1. The maximum Gasteiger partial charge on any atom is 0.272 e. The molecule has 1 amide bonds. The molecule has 0 unspecified atom stereocenters. The third-order valence-corrected chi connectivity index (χ3v) is 5.30. The molecule has 0 aliphatic carbocycles. The van der Waals surface area contributed by atoms with Gasteiger partial charge in [0.1, 0.15) is 11.5 Å². The van der Waals surface area contributed by atoms with Gasteiger partial charge in [0.05, 0.1) is 11.4 Å². The summed E-state index contributed by atoms with van der Waals surface area (Å²) in [7, 11) is 0. The van der Waals surface area contributed by atoms with Crippen molar-refractivity contribution in [2.75, 3.05) is 31.1 Å². The Hall–Kier alpha value is -2.96. The van der Waals surface area contributed by atoms with E-state index in [9.17, 15) is 9.18 Å². The van der Waals surface area contributed by atoms with Crippen LogP contribution in [0, 0.1) is 12.7 Å². The van der Waals surface area contributed by atoms with Crippen LogP contribution < -0.4 is 4.90 Å². The molecule has 0 spiro atoms. The molecule has 7 heteroatoms. The zero-order valence-electron chi connectivity index (χ0n) is 17.3. The number of benzene rings is 1. The number of rotatable bonds is 2. The van der Waals surface area contributed by atoms with Crippen molar-refractivity contribution in [1.82, 2.24) is 19.5 Å². The molecule has 1 aliphatic heterocycles. The number of carbonyl (C=O) groups excluding carboxylic acids is 1. The number of amides is 1. The van der Waals surface area contributed by atoms with Crippen molar-refractivity contribution in [3.05, 3.63) is 59.3 Å². The zero-order chi connectivity index (χ0) is 20.8. The van der Waals surface area contributed by atoms with Crippen molar-refractivity contribution in [3.8, 4) is 0 Å². The normalized spacial score (nSPS) is 15.2. The highest BCUT2D eigenvalue weighted by molar-refractivity contribution is 5.93. The molecule has 3 aromatic rings. The Bertz CT molecular complexity index is 1060. The highest BCUT2D eigenvalue weighted by Gasteiger charge is 2.27. The van der Waals surface area contributed by atoms with Gasteiger partial charge in [0.25, 0.3) is 5.91 Å². The summed E-state index contributed by atoms with van der Waals surface area (Å²) in [6.45, 7) is 10.4. The monoisotopic (exact) mass is 395 g/mol. The Morgan fingerprint density at radius 2 is 1.76 bits per heavy atom. The van der Waals surface area contributed by atoms with E-state index in [0.29, 0.717) is 43.2 Å². The minimum atomic E-state index is -0.231. The number of carbonyl (C=O) groups is 1. The summed E-state index contributed by atoms with van der Waals surface area (Å²) in [6.07, 6.45) is 0. The van der Waals surface area contributed by atoms with Crippen LogP contribution in [0.25, 0.3) is 5.65 Å². The third-order valence-electron chi connectivity index (χ3n) is 5.30. The molecule has 4 rings (SSSR count). The Morgan fingerprint density at radius 3 is 2.41 bits per heavy atom. The summed E-state index contributed by atoms with van der Waals surface area (Å²) < 4.78 is 15.7. The number of anilines is 1. The average molecular weight is 395 g/mol. The lowest BCUT2D eigenvalue weighted by Gasteiger charge is -2.36. The predicted octanol–water partition coefficient (Wildman–Crippen LogP) is 3.44. The van der Waals surface area contributed by atoms with Crippen LogP contribution in [-0.2, 0) is 5.41 Å². The minimum absolute atomic E-state index is 0.0720. The number of hydrogen-bond donors (Lipinski definition) is 0. The molecule has 1 aromatic carbocycles. The van der Waals surface area contributed by atoms with Crippen LogP contribution in [0.1, 0.15) is 42.6 Å². The van der Waals surface area contributed by atoms with Gasteiger partial charge >= 0.3 is 0 Å². The van der Waals surface area contributed by atoms with Gasteiger partial charge in [-0.1, -0.05) is 32.9 Å². The van der Waals surface area contributed by atoms with Crippen molar-refractivity contribution in [3.63, 3.8) is 0 Å². The number of fused-ring (bicyclic) bond motifs is 1. The van der Waals surface area contributed by atoms with Crippen molar-refractivity contribution >= 4 is 17.2 Å². The van der Waals surface area contributed by atoms with E-state index >= 15 is 0 Å². The van der Waals surface area contributed by atoms with Gasteiger partial charge in [0, 0.05) is 43.4 Å². The third kappa shape index (κ3) is 3.69. The van der Waals surface area contributed by atoms with Gasteiger partial charge in [0.15, 0.2) is 5.65 Å². The molecule has 152 valence electrons. The molecule has 6 nitrogen and oxygen atoms in total. The topological polar surface area (TPSA) is 53.7 Å². The maximum absolute atomic E-state index is 14.1. The quantitative estimate of drug-likeness (QED) is 0.667. The molecule has 0 saturated carbocycles. The molecular weight excluding hydrogens is 369 g/mol. The summed E-state index contributed by atoms with van der Waals surface area (Å²) in [5.74, 6) is -0.303. The van der Waals surface area contributed by atoms with Crippen LogP contribution in [0.5, 0.6) is 0 Å². The van der Waals surface area contributed by atoms with Crippen LogP contribution in [0.4, 0.5) is 10.1 Å². The van der Waals surface area contributed by atoms with Gasteiger partial charge in [0.2, 0.25) is 0 Å². The fraction of sp³-hybridized carbons (Fsp3) is 0.409. The van der Waals surface area contributed by atoms with E-state index in [1.807, 2.05) is 28.9 Å². The molecule has 0 atom stereocenters. The molecule has 0 radical (unpaired) electrons. The number of hydrogen-bond acceptors (Lipinski definition) is 4. The number of aryl methyl sites for hydroxylation is 1. The summed E-state index contributed by atoms with van der Waals surface area (Å²) in [6, 6.07) is 10.5. The van der Waals surface area contributed by atoms with E-state index in [0.717, 1.165) is 11.4 Å². The van der Waals surface area contributed by atoms with Crippen LogP contribution >= 0.6 is 0 Å². The highest BCUT2D eigenvalue weighted by Crippen LogP contribution is 2.24. The van der Waals surface area contributed by atoms with Crippen molar-refractivity contribution in [1.29, 1.82) is 0 Å². The smallest absolute Gasteiger partial charge is 0.272 e. The van der Waals surface area contributed by atoms with Gasteiger partial charge < -0.3 is 9.80 Å². The SMILES string of the molecule is Cc1cc(C(=O)N2CCN(c3ccccc3F)CC2)n2nc(C(C)(C)C)cc2n1. The fourth-order valence-electron chi connectivity index (χ4n) is 3.64. The van der Waals surface area contributed by atoms with E-state index in [2.05, 4.69) is 30.9 Å². The molecule has 1 fully saturated rings. The summed E-state index contributed by atoms with van der Waals surface area (Å²) in [5.41, 5.74) is 3.34.